The summed E-state index contributed by atoms with van der Waals surface area (Å²) in [5.74, 6) is 0.482. The molecule has 0 aliphatic carbocycles. The van der Waals surface area contributed by atoms with Gasteiger partial charge in [-0.25, -0.2) is 4.98 Å². The van der Waals surface area contributed by atoms with Crippen LogP contribution < -0.4 is 10.9 Å². The molecule has 6 heteroatoms. The van der Waals surface area contributed by atoms with Gasteiger partial charge < -0.3 is 15.2 Å². The lowest BCUT2D eigenvalue weighted by Crippen LogP contribution is -2.48. The molecule has 1 aromatic heterocycles. The molecule has 2 aromatic carbocycles. The van der Waals surface area contributed by atoms with Gasteiger partial charge in [-0.3, -0.25) is 9.59 Å². The normalized spacial score (nSPS) is 16.3. The smallest absolute Gasteiger partial charge is 0.258 e. The zero-order valence-corrected chi connectivity index (χ0v) is 14.5. The maximum absolute atomic E-state index is 12.8. The minimum atomic E-state index is -0.262. The molecular weight excluding hydrogens is 328 g/mol. The zero-order valence-electron chi connectivity index (χ0n) is 14.5. The van der Waals surface area contributed by atoms with Gasteiger partial charge in [0.2, 0.25) is 5.91 Å². The highest BCUT2D eigenvalue weighted by atomic mass is 16.2. The molecule has 6 nitrogen and oxygen atoms in total. The first kappa shape index (κ1) is 16.5. The molecule has 0 bridgehead atoms. The Morgan fingerprint density at radius 3 is 2.73 bits per heavy atom. The molecule has 4 rings (SSSR count). The number of hydrogen-bond donors (Lipinski definition) is 2. The first-order valence-electron chi connectivity index (χ1n) is 8.65. The van der Waals surface area contributed by atoms with Gasteiger partial charge in [-0.1, -0.05) is 36.4 Å². The summed E-state index contributed by atoms with van der Waals surface area (Å²) >= 11 is 0. The first-order valence-corrected chi connectivity index (χ1v) is 8.65. The number of hydrogen-bond acceptors (Lipinski definition) is 4. The third-order valence-corrected chi connectivity index (χ3v) is 4.80. The van der Waals surface area contributed by atoms with Crippen LogP contribution in [0.5, 0.6) is 0 Å². The zero-order chi connectivity index (χ0) is 18.1. The molecule has 1 aliphatic rings. The van der Waals surface area contributed by atoms with Crippen molar-refractivity contribution in [3.63, 3.8) is 0 Å². The van der Waals surface area contributed by atoms with Gasteiger partial charge in [0.1, 0.15) is 5.82 Å². The quantitative estimate of drug-likeness (QED) is 0.754. The van der Waals surface area contributed by atoms with Gasteiger partial charge in [0.05, 0.1) is 23.5 Å². The Labute approximate surface area is 150 Å². The third-order valence-electron chi connectivity index (χ3n) is 4.80. The molecule has 2 N–H and O–H groups in total. The van der Waals surface area contributed by atoms with Gasteiger partial charge in [-0.15, -0.1) is 0 Å². The molecule has 0 spiro atoms. The molecule has 2 heterocycles. The Hall–Kier alpha value is -2.99. The van der Waals surface area contributed by atoms with Gasteiger partial charge in [-0.2, -0.15) is 0 Å². The Kier molecular flexibility index (Phi) is 4.26. The fourth-order valence-corrected chi connectivity index (χ4v) is 3.41. The van der Waals surface area contributed by atoms with E-state index in [4.69, 9.17) is 0 Å². The van der Waals surface area contributed by atoms with Crippen LogP contribution in [0.3, 0.4) is 0 Å². The van der Waals surface area contributed by atoms with E-state index in [1.54, 1.807) is 30.1 Å². The fraction of sp³-hybridized carbons (Fsp3) is 0.250. The van der Waals surface area contributed by atoms with E-state index in [0.717, 1.165) is 0 Å². The van der Waals surface area contributed by atoms with Crippen LogP contribution in [-0.4, -0.2) is 33.9 Å². The number of amides is 1. The van der Waals surface area contributed by atoms with E-state index in [1.807, 2.05) is 18.2 Å². The van der Waals surface area contributed by atoms with Crippen LogP contribution in [0.15, 0.2) is 53.3 Å². The fourth-order valence-electron chi connectivity index (χ4n) is 3.41. The number of rotatable bonds is 3. The van der Waals surface area contributed by atoms with Crippen LogP contribution >= 0.6 is 0 Å². The second kappa shape index (κ2) is 6.72. The van der Waals surface area contributed by atoms with Crippen molar-refractivity contribution in [3.8, 4) is 0 Å². The number of carbonyl (C=O) groups is 1. The van der Waals surface area contributed by atoms with Crippen molar-refractivity contribution in [2.45, 2.75) is 25.6 Å². The van der Waals surface area contributed by atoms with E-state index < -0.39 is 0 Å². The standard InChI is InChI=1S/C20H20N4O2/c1-24(12-18-22-16-9-5-4-8-15(16)19(25)23-18)20(26)17-10-13-6-2-3-7-14(13)11-21-17/h2-9,17,21H,10-12H2,1H3,(H,22,23,25)/t17-/m1/s1. The second-order valence-electron chi connectivity index (χ2n) is 6.63. The third kappa shape index (κ3) is 3.11. The van der Waals surface area contributed by atoms with Gasteiger partial charge in [0, 0.05) is 13.6 Å². The molecule has 0 saturated carbocycles. The van der Waals surface area contributed by atoms with Gasteiger partial charge in [0.25, 0.3) is 5.56 Å². The highest BCUT2D eigenvalue weighted by Gasteiger charge is 2.26. The highest BCUT2D eigenvalue weighted by Crippen LogP contribution is 2.17. The maximum Gasteiger partial charge on any atom is 0.258 e. The van der Waals surface area contributed by atoms with Crippen molar-refractivity contribution in [2.24, 2.45) is 0 Å². The Morgan fingerprint density at radius 2 is 1.88 bits per heavy atom. The second-order valence-corrected chi connectivity index (χ2v) is 6.63. The van der Waals surface area contributed by atoms with Crippen LogP contribution in [0.2, 0.25) is 0 Å². The van der Waals surface area contributed by atoms with E-state index in [0.29, 0.717) is 29.7 Å². The average molecular weight is 348 g/mol. The summed E-state index contributed by atoms with van der Waals surface area (Å²) in [4.78, 5) is 33.8. The van der Waals surface area contributed by atoms with E-state index >= 15 is 0 Å². The Bertz CT molecular complexity index is 1030. The molecule has 3 aromatic rings. The monoisotopic (exact) mass is 348 g/mol. The van der Waals surface area contributed by atoms with Crippen LogP contribution in [0, 0.1) is 0 Å². The number of nitrogens with one attached hydrogen (secondary N) is 2. The lowest BCUT2D eigenvalue weighted by atomic mass is 9.95. The van der Waals surface area contributed by atoms with Gasteiger partial charge >= 0.3 is 0 Å². The number of nitrogens with zero attached hydrogens (tertiary/aromatic N) is 2. The average Bonchev–Trinajstić information content (AvgIpc) is 2.67. The lowest BCUT2D eigenvalue weighted by Gasteiger charge is -2.28. The van der Waals surface area contributed by atoms with Crippen LogP contribution in [-0.2, 0) is 24.3 Å². The van der Waals surface area contributed by atoms with E-state index in [2.05, 4.69) is 27.4 Å². The van der Waals surface area contributed by atoms with Crippen molar-refractivity contribution in [2.75, 3.05) is 7.05 Å². The summed E-state index contributed by atoms with van der Waals surface area (Å²) in [7, 11) is 1.74. The number of aromatic nitrogens is 2. The summed E-state index contributed by atoms with van der Waals surface area (Å²) < 4.78 is 0. The molecular formula is C20H20N4O2. The minimum Gasteiger partial charge on any atom is -0.337 e. The Morgan fingerprint density at radius 1 is 1.15 bits per heavy atom. The van der Waals surface area contributed by atoms with Crippen LogP contribution in [0.4, 0.5) is 0 Å². The van der Waals surface area contributed by atoms with E-state index in [-0.39, 0.29) is 24.1 Å². The number of H-pyrrole nitrogens is 1. The summed E-state index contributed by atoms with van der Waals surface area (Å²) in [5, 5.41) is 3.85. The predicted octanol–water partition coefficient (Wildman–Crippen LogP) is 1.60. The predicted molar refractivity (Wildman–Crippen MR) is 99.6 cm³/mol. The van der Waals surface area contributed by atoms with Crippen molar-refractivity contribution in [1.29, 1.82) is 0 Å². The number of benzene rings is 2. The maximum atomic E-state index is 12.8. The lowest BCUT2D eigenvalue weighted by molar-refractivity contribution is -0.133. The molecule has 1 aliphatic heterocycles. The molecule has 1 amide bonds. The van der Waals surface area contributed by atoms with Crippen LogP contribution in [0.1, 0.15) is 17.0 Å². The number of fused-ring (bicyclic) bond motifs is 2. The molecule has 26 heavy (non-hydrogen) atoms. The largest absolute Gasteiger partial charge is 0.337 e. The molecule has 0 radical (unpaired) electrons. The van der Waals surface area contributed by atoms with E-state index in [9.17, 15) is 9.59 Å². The van der Waals surface area contributed by atoms with Crippen molar-refractivity contribution in [1.82, 2.24) is 20.2 Å². The molecule has 0 unspecified atom stereocenters. The topological polar surface area (TPSA) is 78.1 Å². The van der Waals surface area contributed by atoms with Crippen molar-refractivity contribution >= 4 is 16.8 Å². The summed E-state index contributed by atoms with van der Waals surface area (Å²) in [6.45, 7) is 0.949. The number of aromatic amines is 1. The van der Waals surface area contributed by atoms with Crippen molar-refractivity contribution < 1.29 is 4.79 Å². The number of para-hydroxylation sites is 1. The molecule has 0 fully saturated rings. The van der Waals surface area contributed by atoms with Gasteiger partial charge in [-0.05, 0) is 29.7 Å². The first-order chi connectivity index (χ1) is 12.6. The summed E-state index contributed by atoms with van der Waals surface area (Å²) in [6, 6.07) is 15.1. The van der Waals surface area contributed by atoms with E-state index in [1.165, 1.54) is 11.1 Å². The van der Waals surface area contributed by atoms with Crippen molar-refractivity contribution in [3.05, 3.63) is 75.8 Å². The number of carbonyl (C=O) groups excluding carboxylic acids is 1. The highest BCUT2D eigenvalue weighted by molar-refractivity contribution is 5.82. The molecule has 0 saturated heterocycles. The molecule has 132 valence electrons. The Balaban J connectivity index is 1.51. The number of likely N-dealkylation sites (N-methyl/N-ethyl adjacent to an activating group) is 1. The summed E-state index contributed by atoms with van der Waals surface area (Å²) in [6.07, 6.45) is 0.668. The minimum absolute atomic E-state index is 0.00434. The van der Waals surface area contributed by atoms with Crippen LogP contribution in [0.25, 0.3) is 10.9 Å². The SMILES string of the molecule is CN(Cc1nc2ccccc2c(=O)[nH]1)C(=O)[C@H]1Cc2ccccc2CN1. The molecule has 1 atom stereocenters. The van der Waals surface area contributed by atoms with Gasteiger partial charge in [0.15, 0.2) is 0 Å². The summed E-state index contributed by atoms with van der Waals surface area (Å²) in [5.41, 5.74) is 2.89.